The number of hydrogen-bond acceptors (Lipinski definition) is 9. The SMILES string of the molecule is CC1(C)c2cc(N(c3ccccc3)c3ccc4c(c3)oc3ccccc34)ccc2-c2c(ccc3c2ccc2ccccc23)C1(C)C.CC1(C)c2ccc(-c3nc(-c4ccccc4)nc(-c4ccc5c(c4)oc4ccccc45)n3)cc2-c2c(ccc3c2ccc2ccccc23)C1(C)C.CC1(C)c2ccc(-c3nc(-c4ccccc4)nc(-c4ccc5ccccc5c4)n3)cc2-c2c(ccc3c2ccc2ccccc23)C1(C)C. The van der Waals surface area contributed by atoms with Crippen molar-refractivity contribution in [1.82, 2.24) is 29.9 Å². The van der Waals surface area contributed by atoms with Crippen molar-refractivity contribution in [3.8, 4) is 102 Å². The summed E-state index contributed by atoms with van der Waals surface area (Å²) >= 11 is 0. The average molecular weight is 1870 g/mol. The van der Waals surface area contributed by atoms with E-state index in [0.717, 1.165) is 99.7 Å². The highest BCUT2D eigenvalue weighted by molar-refractivity contribution is 6.18. The first-order valence-corrected chi connectivity index (χ1v) is 50.5. The number of benzene rings is 21. The van der Waals surface area contributed by atoms with E-state index in [4.69, 9.17) is 38.7 Å². The molecule has 0 atom stereocenters. The molecule has 9 nitrogen and oxygen atoms in total. The van der Waals surface area contributed by atoms with Gasteiger partial charge in [0.25, 0.3) is 0 Å². The number of nitrogens with zero attached hydrogens (tertiary/aromatic N) is 7. The molecular formula is C136H105N7O2. The smallest absolute Gasteiger partial charge is 0.164 e. The molecule has 25 aromatic rings. The van der Waals surface area contributed by atoms with Gasteiger partial charge in [-0.1, -0.05) is 417 Å². The molecular weight excluding hydrogens is 1760 g/mol. The lowest BCUT2D eigenvalue weighted by atomic mass is 9.55. The van der Waals surface area contributed by atoms with Gasteiger partial charge < -0.3 is 13.7 Å². The second kappa shape index (κ2) is 33.2. The van der Waals surface area contributed by atoms with E-state index in [9.17, 15) is 0 Å². The normalized spacial score (nSPS) is 14.7. The van der Waals surface area contributed by atoms with Crippen LogP contribution in [-0.4, -0.2) is 29.9 Å². The largest absolute Gasteiger partial charge is 0.456 e. The number of rotatable bonds is 9. The van der Waals surface area contributed by atoms with E-state index in [2.05, 4.69) is 434 Å². The molecule has 0 aliphatic heterocycles. The van der Waals surface area contributed by atoms with Crippen LogP contribution in [0.25, 0.3) is 221 Å². The Bertz CT molecular complexity index is 9660. The van der Waals surface area contributed by atoms with Crippen LogP contribution >= 0.6 is 0 Å². The lowest BCUT2D eigenvalue weighted by Gasteiger charge is -2.49. The van der Waals surface area contributed by atoms with Gasteiger partial charge in [-0.3, -0.25) is 0 Å². The zero-order valence-electron chi connectivity index (χ0n) is 83.3. The molecule has 0 radical (unpaired) electrons. The van der Waals surface area contributed by atoms with Gasteiger partial charge in [-0.15, -0.1) is 0 Å². The topological polar surface area (TPSA) is 107 Å². The summed E-state index contributed by atoms with van der Waals surface area (Å²) in [4.78, 5) is 33.0. The molecule has 3 aliphatic carbocycles. The van der Waals surface area contributed by atoms with Crippen LogP contribution in [-0.2, 0) is 32.5 Å². The van der Waals surface area contributed by atoms with Crippen LogP contribution in [0, 0.1) is 0 Å². The van der Waals surface area contributed by atoms with Crippen LogP contribution < -0.4 is 4.90 Å². The van der Waals surface area contributed by atoms with Crippen molar-refractivity contribution in [2.24, 2.45) is 0 Å². The van der Waals surface area contributed by atoms with E-state index in [1.165, 1.54) is 137 Å². The maximum Gasteiger partial charge on any atom is 0.164 e. The van der Waals surface area contributed by atoms with Crippen LogP contribution in [0.1, 0.15) is 116 Å². The summed E-state index contributed by atoms with van der Waals surface area (Å²) < 4.78 is 12.6. The predicted molar refractivity (Wildman–Crippen MR) is 605 cm³/mol. The van der Waals surface area contributed by atoms with Gasteiger partial charge in [0, 0.05) is 78.1 Å². The third kappa shape index (κ3) is 14.0. The molecule has 0 spiro atoms. The minimum absolute atomic E-state index is 0.0897. The molecule has 0 unspecified atom stereocenters. The highest BCUT2D eigenvalue weighted by Gasteiger charge is 2.50. The van der Waals surface area contributed by atoms with E-state index in [1.54, 1.807) is 0 Å². The van der Waals surface area contributed by atoms with Crippen molar-refractivity contribution in [3.05, 3.63) is 452 Å². The maximum atomic E-state index is 6.35. The summed E-state index contributed by atoms with van der Waals surface area (Å²) in [5, 5.41) is 22.2. The molecule has 4 heterocycles. The number of aromatic nitrogens is 6. The number of anilines is 3. The summed E-state index contributed by atoms with van der Waals surface area (Å²) in [7, 11) is 0. The van der Waals surface area contributed by atoms with Crippen LogP contribution in [0.15, 0.2) is 427 Å². The fourth-order valence-electron chi connectivity index (χ4n) is 23.8. The van der Waals surface area contributed by atoms with Gasteiger partial charge >= 0.3 is 0 Å². The Morgan fingerprint density at radius 3 is 0.910 bits per heavy atom. The summed E-state index contributed by atoms with van der Waals surface area (Å²) in [5.41, 5.74) is 27.8. The zero-order chi connectivity index (χ0) is 98.3. The first-order chi connectivity index (χ1) is 70.4. The summed E-state index contributed by atoms with van der Waals surface area (Å²) in [6, 6.07) is 150. The number of hydrogen-bond donors (Lipinski definition) is 0. The van der Waals surface area contributed by atoms with Crippen molar-refractivity contribution in [2.75, 3.05) is 4.90 Å². The molecule has 145 heavy (non-hydrogen) atoms. The number of para-hydroxylation sites is 3. The van der Waals surface area contributed by atoms with Gasteiger partial charge in [0.2, 0.25) is 0 Å². The van der Waals surface area contributed by atoms with Gasteiger partial charge in [0.1, 0.15) is 22.3 Å². The average Bonchev–Trinajstić information content (AvgIpc) is 1.05. The Morgan fingerprint density at radius 1 is 0.166 bits per heavy atom. The Hall–Kier alpha value is -17.1. The second-order valence-corrected chi connectivity index (χ2v) is 42.8. The van der Waals surface area contributed by atoms with Crippen LogP contribution in [0.3, 0.4) is 0 Å². The first-order valence-electron chi connectivity index (χ1n) is 50.5. The molecule has 0 bridgehead atoms. The molecule has 0 N–H and O–H groups in total. The van der Waals surface area contributed by atoms with Crippen molar-refractivity contribution in [3.63, 3.8) is 0 Å². The quantitative estimate of drug-likeness (QED) is 0.131. The Balaban J connectivity index is 0.000000111. The summed E-state index contributed by atoms with van der Waals surface area (Å²) in [6.45, 7) is 28.7. The third-order valence-electron chi connectivity index (χ3n) is 33.7. The third-order valence-corrected chi connectivity index (χ3v) is 33.7. The van der Waals surface area contributed by atoms with E-state index in [1.807, 2.05) is 72.8 Å². The van der Waals surface area contributed by atoms with Gasteiger partial charge in [0.15, 0.2) is 34.9 Å². The Morgan fingerprint density at radius 2 is 0.455 bits per heavy atom. The molecule has 21 aromatic carbocycles. The standard InChI is InChI=1S/C47H35N3O.C45H35N3.C44H35NO/c1-46(2)38-24-20-30(26-37(38)42-36-22-18-28-12-8-9-15-32(28)33(36)23-25-39(42)47(46,3)4)44-48-43(29-13-6-5-7-14-29)49-45(50-44)31-19-21-35-34-16-10-11-17-40(34)51-41(35)27-31;1-44(2)38-24-21-33(27-37(38)40-36-22-20-29-13-10-11-17-34(29)35(36)23-25-39(40)45(44,3)4)43-47-41(30-14-6-5-7-15-30)46-42(48-43)32-19-18-28-12-8-9-16-31(28)26-32;1-43(2)38-25-24-33-32-15-9-8-12-28(32)18-21-36(33)42(38)37-23-20-30(26-39(37)44(43,3)4)45(29-13-6-5-7-14-29)31-19-22-35-34-16-10-11-17-40(34)46-41(35)27-31/h5-27H,1-4H3;5-27H,1-4H3;5-27H,1-4H3. The Kier molecular flexibility index (Phi) is 20.2. The van der Waals surface area contributed by atoms with Crippen molar-refractivity contribution >= 4 is 136 Å². The number of fused-ring (bicyclic) bond motifs is 28. The molecule has 0 saturated heterocycles. The minimum atomic E-state index is -0.125. The highest BCUT2D eigenvalue weighted by atomic mass is 16.3. The molecule has 3 aliphatic rings. The molecule has 28 rings (SSSR count). The monoisotopic (exact) mass is 1870 g/mol. The fraction of sp³-hybridized carbons (Fsp3) is 0.132. The van der Waals surface area contributed by atoms with E-state index in [0.29, 0.717) is 34.9 Å². The van der Waals surface area contributed by atoms with Crippen molar-refractivity contribution < 1.29 is 8.83 Å². The van der Waals surface area contributed by atoms with Gasteiger partial charge in [-0.2, -0.15) is 0 Å². The predicted octanol–water partition coefficient (Wildman–Crippen LogP) is 36.5. The summed E-state index contributed by atoms with van der Waals surface area (Å²) in [5.74, 6) is 3.89. The van der Waals surface area contributed by atoms with Crippen molar-refractivity contribution in [2.45, 2.75) is 116 Å². The number of furan rings is 2. The summed E-state index contributed by atoms with van der Waals surface area (Å²) in [6.07, 6.45) is 0. The van der Waals surface area contributed by atoms with E-state index >= 15 is 0 Å². The maximum absolute atomic E-state index is 6.35. The lowest BCUT2D eigenvalue weighted by molar-refractivity contribution is 0.299. The van der Waals surface area contributed by atoms with Gasteiger partial charge in [0.05, 0.1) is 0 Å². The molecule has 4 aromatic heterocycles. The van der Waals surface area contributed by atoms with E-state index in [-0.39, 0.29) is 32.5 Å². The highest BCUT2D eigenvalue weighted by Crippen LogP contribution is 2.61. The van der Waals surface area contributed by atoms with Crippen LogP contribution in [0.4, 0.5) is 17.1 Å². The minimum Gasteiger partial charge on any atom is -0.456 e. The molecule has 0 amide bonds. The molecule has 696 valence electrons. The zero-order valence-corrected chi connectivity index (χ0v) is 83.3. The lowest BCUT2D eigenvalue weighted by Crippen LogP contribution is -2.43. The Labute approximate surface area is 843 Å². The van der Waals surface area contributed by atoms with Crippen LogP contribution in [0.2, 0.25) is 0 Å². The molecule has 9 heteroatoms. The second-order valence-electron chi connectivity index (χ2n) is 42.8. The van der Waals surface area contributed by atoms with Crippen molar-refractivity contribution in [1.29, 1.82) is 0 Å². The van der Waals surface area contributed by atoms with Gasteiger partial charge in [-0.05, 0) is 254 Å². The molecule has 0 fully saturated rings. The first kappa shape index (κ1) is 88.1. The molecule has 0 saturated carbocycles. The van der Waals surface area contributed by atoms with Crippen LogP contribution in [0.5, 0.6) is 0 Å². The fourth-order valence-corrected chi connectivity index (χ4v) is 23.8. The van der Waals surface area contributed by atoms with E-state index < -0.39 is 0 Å². The van der Waals surface area contributed by atoms with Gasteiger partial charge in [-0.25, -0.2) is 29.9 Å².